The topological polar surface area (TPSA) is 27.7 Å². The van der Waals surface area contributed by atoms with Crippen molar-refractivity contribution in [3.63, 3.8) is 0 Å². The lowest BCUT2D eigenvalue weighted by Crippen LogP contribution is -2.12. The SMILES string of the molecule is CCOC(OCCOC)c1ccccc1. The maximum atomic E-state index is 5.56. The molecule has 1 aromatic carbocycles. The summed E-state index contributed by atoms with van der Waals surface area (Å²) in [6.45, 7) is 3.70. The van der Waals surface area contributed by atoms with E-state index in [1.165, 1.54) is 0 Å². The Morgan fingerprint density at radius 2 is 1.80 bits per heavy atom. The zero-order valence-corrected chi connectivity index (χ0v) is 9.31. The minimum Gasteiger partial charge on any atom is -0.382 e. The highest BCUT2D eigenvalue weighted by atomic mass is 16.7. The van der Waals surface area contributed by atoms with Gasteiger partial charge < -0.3 is 14.2 Å². The fraction of sp³-hybridized carbons (Fsp3) is 0.500. The molecular weight excluding hydrogens is 192 g/mol. The summed E-state index contributed by atoms with van der Waals surface area (Å²) in [5, 5.41) is 0. The van der Waals surface area contributed by atoms with Crippen molar-refractivity contribution in [3.05, 3.63) is 35.9 Å². The van der Waals surface area contributed by atoms with Crippen LogP contribution in [0.1, 0.15) is 18.8 Å². The molecule has 1 aromatic rings. The van der Waals surface area contributed by atoms with E-state index < -0.39 is 0 Å². The van der Waals surface area contributed by atoms with E-state index in [4.69, 9.17) is 14.2 Å². The standard InChI is InChI=1S/C12H18O3/c1-3-14-12(15-10-9-13-2)11-7-5-4-6-8-11/h4-8,12H,3,9-10H2,1-2H3. The number of hydrogen-bond acceptors (Lipinski definition) is 3. The van der Waals surface area contributed by atoms with Crippen molar-refractivity contribution in [1.29, 1.82) is 0 Å². The maximum absolute atomic E-state index is 5.56. The number of ether oxygens (including phenoxy) is 3. The Hall–Kier alpha value is -0.900. The highest BCUT2D eigenvalue weighted by molar-refractivity contribution is 5.15. The summed E-state index contributed by atoms with van der Waals surface area (Å²) in [4.78, 5) is 0. The predicted octanol–water partition coefficient (Wildman–Crippen LogP) is 2.38. The zero-order valence-electron chi connectivity index (χ0n) is 9.31. The molecule has 1 atom stereocenters. The van der Waals surface area contributed by atoms with Gasteiger partial charge in [0.05, 0.1) is 13.2 Å². The molecule has 0 aromatic heterocycles. The Kier molecular flexibility index (Phi) is 6.00. The second-order valence-electron chi connectivity index (χ2n) is 3.06. The van der Waals surface area contributed by atoms with Crippen molar-refractivity contribution in [2.75, 3.05) is 26.9 Å². The molecule has 0 saturated heterocycles. The Balaban J connectivity index is 2.50. The van der Waals surface area contributed by atoms with Crippen LogP contribution in [0.4, 0.5) is 0 Å². The molecular formula is C12H18O3. The lowest BCUT2D eigenvalue weighted by Gasteiger charge is -2.17. The van der Waals surface area contributed by atoms with Gasteiger partial charge in [-0.3, -0.25) is 0 Å². The molecule has 0 amide bonds. The summed E-state index contributed by atoms with van der Waals surface area (Å²) in [6, 6.07) is 9.91. The molecule has 0 N–H and O–H groups in total. The first-order valence-corrected chi connectivity index (χ1v) is 5.15. The Morgan fingerprint density at radius 1 is 1.07 bits per heavy atom. The largest absolute Gasteiger partial charge is 0.382 e. The normalized spacial score (nSPS) is 12.7. The summed E-state index contributed by atoms with van der Waals surface area (Å²) in [5.41, 5.74) is 1.04. The van der Waals surface area contributed by atoms with Crippen LogP contribution in [0.15, 0.2) is 30.3 Å². The zero-order chi connectivity index (χ0) is 10.9. The van der Waals surface area contributed by atoms with Crippen LogP contribution in [0, 0.1) is 0 Å². The van der Waals surface area contributed by atoms with E-state index in [1.54, 1.807) is 7.11 Å². The van der Waals surface area contributed by atoms with Crippen LogP contribution in [-0.2, 0) is 14.2 Å². The van der Waals surface area contributed by atoms with Gasteiger partial charge in [0, 0.05) is 19.3 Å². The molecule has 0 heterocycles. The summed E-state index contributed by atoms with van der Waals surface area (Å²) in [6.07, 6.45) is -0.286. The van der Waals surface area contributed by atoms with Crippen molar-refractivity contribution in [1.82, 2.24) is 0 Å². The van der Waals surface area contributed by atoms with E-state index in [-0.39, 0.29) is 6.29 Å². The van der Waals surface area contributed by atoms with Crippen LogP contribution in [0.25, 0.3) is 0 Å². The maximum Gasteiger partial charge on any atom is 0.183 e. The van der Waals surface area contributed by atoms with Gasteiger partial charge in [-0.25, -0.2) is 0 Å². The van der Waals surface area contributed by atoms with E-state index in [0.29, 0.717) is 19.8 Å². The molecule has 0 aliphatic heterocycles. The van der Waals surface area contributed by atoms with Crippen molar-refractivity contribution >= 4 is 0 Å². The average molecular weight is 210 g/mol. The Morgan fingerprint density at radius 3 is 2.40 bits per heavy atom. The third kappa shape index (κ3) is 4.42. The van der Waals surface area contributed by atoms with Gasteiger partial charge in [-0.05, 0) is 6.92 Å². The van der Waals surface area contributed by atoms with E-state index in [0.717, 1.165) is 5.56 Å². The third-order valence-corrected chi connectivity index (χ3v) is 1.95. The van der Waals surface area contributed by atoms with Gasteiger partial charge in [0.25, 0.3) is 0 Å². The summed E-state index contributed by atoms with van der Waals surface area (Å²) >= 11 is 0. The monoisotopic (exact) mass is 210 g/mol. The third-order valence-electron chi connectivity index (χ3n) is 1.95. The molecule has 1 unspecified atom stereocenters. The molecule has 0 aliphatic carbocycles. The highest BCUT2D eigenvalue weighted by Crippen LogP contribution is 2.17. The fourth-order valence-electron chi connectivity index (χ4n) is 1.24. The van der Waals surface area contributed by atoms with E-state index in [2.05, 4.69) is 0 Å². The van der Waals surface area contributed by atoms with Crippen molar-refractivity contribution in [2.24, 2.45) is 0 Å². The van der Waals surface area contributed by atoms with Crippen LogP contribution >= 0.6 is 0 Å². The first-order chi connectivity index (χ1) is 7.38. The second-order valence-corrected chi connectivity index (χ2v) is 3.06. The minimum absolute atomic E-state index is 0.286. The molecule has 15 heavy (non-hydrogen) atoms. The first kappa shape index (κ1) is 12.2. The fourth-order valence-corrected chi connectivity index (χ4v) is 1.24. The van der Waals surface area contributed by atoms with Crippen molar-refractivity contribution < 1.29 is 14.2 Å². The number of methoxy groups -OCH3 is 1. The van der Waals surface area contributed by atoms with E-state index in [1.807, 2.05) is 37.3 Å². The smallest absolute Gasteiger partial charge is 0.183 e. The predicted molar refractivity (Wildman–Crippen MR) is 58.6 cm³/mol. The lowest BCUT2D eigenvalue weighted by molar-refractivity contribution is -0.150. The second kappa shape index (κ2) is 7.40. The van der Waals surface area contributed by atoms with Gasteiger partial charge in [-0.1, -0.05) is 30.3 Å². The molecule has 3 nitrogen and oxygen atoms in total. The van der Waals surface area contributed by atoms with Crippen molar-refractivity contribution in [2.45, 2.75) is 13.2 Å². The molecule has 0 aliphatic rings. The molecule has 3 heteroatoms. The number of rotatable bonds is 7. The molecule has 0 saturated carbocycles. The van der Waals surface area contributed by atoms with E-state index >= 15 is 0 Å². The summed E-state index contributed by atoms with van der Waals surface area (Å²) in [5.74, 6) is 0. The van der Waals surface area contributed by atoms with Crippen LogP contribution in [-0.4, -0.2) is 26.9 Å². The highest BCUT2D eigenvalue weighted by Gasteiger charge is 2.10. The molecule has 84 valence electrons. The molecule has 0 spiro atoms. The lowest BCUT2D eigenvalue weighted by atomic mass is 10.2. The number of hydrogen-bond donors (Lipinski definition) is 0. The van der Waals surface area contributed by atoms with Gasteiger partial charge in [0.2, 0.25) is 0 Å². The molecule has 0 bridgehead atoms. The van der Waals surface area contributed by atoms with Gasteiger partial charge in [0.1, 0.15) is 0 Å². The summed E-state index contributed by atoms with van der Waals surface area (Å²) < 4.78 is 16.0. The quantitative estimate of drug-likeness (QED) is 0.511. The summed E-state index contributed by atoms with van der Waals surface area (Å²) in [7, 11) is 1.65. The van der Waals surface area contributed by atoms with Gasteiger partial charge in [-0.15, -0.1) is 0 Å². The van der Waals surface area contributed by atoms with Crippen molar-refractivity contribution in [3.8, 4) is 0 Å². The van der Waals surface area contributed by atoms with Gasteiger partial charge in [-0.2, -0.15) is 0 Å². The Bertz CT molecular complexity index is 248. The van der Waals surface area contributed by atoms with Crippen LogP contribution in [0.5, 0.6) is 0 Å². The molecule has 1 rings (SSSR count). The molecule has 0 fully saturated rings. The van der Waals surface area contributed by atoms with Crippen LogP contribution in [0.3, 0.4) is 0 Å². The van der Waals surface area contributed by atoms with Crippen LogP contribution < -0.4 is 0 Å². The number of benzene rings is 1. The van der Waals surface area contributed by atoms with E-state index in [9.17, 15) is 0 Å². The Labute approximate surface area is 91.0 Å². The molecule has 0 radical (unpaired) electrons. The van der Waals surface area contributed by atoms with Gasteiger partial charge >= 0.3 is 0 Å². The van der Waals surface area contributed by atoms with Crippen LogP contribution in [0.2, 0.25) is 0 Å². The first-order valence-electron chi connectivity index (χ1n) is 5.15. The minimum atomic E-state index is -0.286. The average Bonchev–Trinajstić information content (AvgIpc) is 2.29. The van der Waals surface area contributed by atoms with Gasteiger partial charge in [0.15, 0.2) is 6.29 Å².